The van der Waals surface area contributed by atoms with Gasteiger partial charge >= 0.3 is 5.97 Å². The Hall–Kier alpha value is -2.93. The molecule has 2 aromatic carbocycles. The number of thiazole rings is 1. The fraction of sp³-hybridized carbons (Fsp3) is 0.318. The molecule has 1 amide bonds. The molecule has 0 fully saturated rings. The summed E-state index contributed by atoms with van der Waals surface area (Å²) in [6.07, 6.45) is 4.42. The van der Waals surface area contributed by atoms with Crippen LogP contribution in [0, 0.1) is 0 Å². The number of hydrogen-bond acceptors (Lipinski definition) is 5. The van der Waals surface area contributed by atoms with Gasteiger partial charge in [0.05, 0.1) is 24.4 Å². The highest BCUT2D eigenvalue weighted by Gasteiger charge is 2.15. The average Bonchev–Trinajstić information content (AvgIpc) is 3.08. The van der Waals surface area contributed by atoms with Gasteiger partial charge in [0.15, 0.2) is 4.80 Å². The standard InChI is InChI=1S/C22H22N2O4S/c1-27-17-9-10-18-19(12-17)29-22(24(18)13-20(25)28-2)23-21(26)16-8-7-14-5-3-4-6-15(14)11-16/h7-12H,3-6,13H2,1-2H3. The van der Waals surface area contributed by atoms with Gasteiger partial charge in [0.25, 0.3) is 5.91 Å². The molecule has 0 aliphatic heterocycles. The van der Waals surface area contributed by atoms with Crippen LogP contribution in [0.2, 0.25) is 0 Å². The maximum absolute atomic E-state index is 12.9. The van der Waals surface area contributed by atoms with Gasteiger partial charge in [-0.05, 0) is 67.1 Å². The smallest absolute Gasteiger partial charge is 0.325 e. The molecule has 0 saturated heterocycles. The van der Waals surface area contributed by atoms with Crippen LogP contribution < -0.4 is 9.54 Å². The van der Waals surface area contributed by atoms with Crippen molar-refractivity contribution in [2.75, 3.05) is 14.2 Å². The highest BCUT2D eigenvalue weighted by atomic mass is 32.1. The van der Waals surface area contributed by atoms with E-state index in [0.717, 1.165) is 29.5 Å². The molecule has 1 aliphatic carbocycles. The second-order valence-corrected chi connectivity index (χ2v) is 8.00. The van der Waals surface area contributed by atoms with Gasteiger partial charge in [-0.3, -0.25) is 9.59 Å². The molecule has 0 N–H and O–H groups in total. The van der Waals surface area contributed by atoms with Crippen molar-refractivity contribution in [3.63, 3.8) is 0 Å². The molecule has 1 aliphatic rings. The van der Waals surface area contributed by atoms with E-state index in [4.69, 9.17) is 9.47 Å². The lowest BCUT2D eigenvalue weighted by Gasteiger charge is -2.15. The van der Waals surface area contributed by atoms with Crippen LogP contribution in [-0.2, 0) is 28.9 Å². The van der Waals surface area contributed by atoms with E-state index in [1.807, 2.05) is 36.4 Å². The predicted octanol–water partition coefficient (Wildman–Crippen LogP) is 3.50. The third kappa shape index (κ3) is 3.96. The third-order valence-corrected chi connectivity index (χ3v) is 6.24. The number of methoxy groups -OCH3 is 2. The number of benzene rings is 2. The van der Waals surface area contributed by atoms with Crippen molar-refractivity contribution in [3.05, 3.63) is 57.9 Å². The van der Waals surface area contributed by atoms with Gasteiger partial charge in [0.1, 0.15) is 12.3 Å². The Morgan fingerprint density at radius 1 is 1.07 bits per heavy atom. The number of carbonyl (C=O) groups is 2. The Balaban J connectivity index is 1.78. The normalized spacial score (nSPS) is 13.9. The summed E-state index contributed by atoms with van der Waals surface area (Å²) >= 11 is 1.35. The molecule has 29 heavy (non-hydrogen) atoms. The van der Waals surface area contributed by atoms with E-state index < -0.39 is 5.97 Å². The van der Waals surface area contributed by atoms with Crippen molar-refractivity contribution < 1.29 is 19.1 Å². The number of rotatable bonds is 4. The lowest BCUT2D eigenvalue weighted by Crippen LogP contribution is -2.22. The first-order valence-electron chi connectivity index (χ1n) is 9.54. The lowest BCUT2D eigenvalue weighted by molar-refractivity contribution is -0.141. The van der Waals surface area contributed by atoms with Crippen LogP contribution in [0.1, 0.15) is 34.3 Å². The number of hydrogen-bond donors (Lipinski definition) is 0. The van der Waals surface area contributed by atoms with Crippen molar-refractivity contribution in [2.45, 2.75) is 32.2 Å². The number of amides is 1. The van der Waals surface area contributed by atoms with Crippen molar-refractivity contribution in [3.8, 4) is 5.75 Å². The first kappa shape index (κ1) is 19.4. The number of aromatic nitrogens is 1. The summed E-state index contributed by atoms with van der Waals surface area (Å²) in [5, 5.41) is 0. The summed E-state index contributed by atoms with van der Waals surface area (Å²) in [6, 6.07) is 11.4. The highest BCUT2D eigenvalue weighted by molar-refractivity contribution is 7.16. The maximum Gasteiger partial charge on any atom is 0.325 e. The zero-order chi connectivity index (χ0) is 20.4. The number of nitrogens with zero attached hydrogens (tertiary/aromatic N) is 2. The van der Waals surface area contributed by atoms with Crippen LogP contribution in [0.5, 0.6) is 5.75 Å². The van der Waals surface area contributed by atoms with E-state index in [0.29, 0.717) is 16.1 Å². The molecule has 0 atom stereocenters. The van der Waals surface area contributed by atoms with Crippen molar-refractivity contribution >= 4 is 33.4 Å². The van der Waals surface area contributed by atoms with Crippen molar-refractivity contribution in [1.82, 2.24) is 4.57 Å². The molecular weight excluding hydrogens is 388 g/mol. The first-order valence-corrected chi connectivity index (χ1v) is 10.4. The molecule has 0 spiro atoms. The number of fused-ring (bicyclic) bond motifs is 2. The van der Waals surface area contributed by atoms with Crippen molar-refractivity contribution in [1.29, 1.82) is 0 Å². The van der Waals surface area contributed by atoms with Gasteiger partial charge in [-0.1, -0.05) is 17.4 Å². The summed E-state index contributed by atoms with van der Waals surface area (Å²) in [4.78, 5) is 29.6. The number of carbonyl (C=O) groups excluding carboxylic acids is 2. The SMILES string of the molecule is COC(=O)Cn1c(=NC(=O)c2ccc3c(c2)CCCC3)sc2cc(OC)ccc21. The monoisotopic (exact) mass is 410 g/mol. The highest BCUT2D eigenvalue weighted by Crippen LogP contribution is 2.24. The molecule has 0 unspecified atom stereocenters. The molecule has 3 aromatic rings. The van der Waals surface area contributed by atoms with Gasteiger partial charge < -0.3 is 14.0 Å². The number of ether oxygens (including phenoxy) is 2. The second kappa shape index (κ2) is 8.21. The van der Waals surface area contributed by atoms with Crippen LogP contribution in [0.3, 0.4) is 0 Å². The minimum absolute atomic E-state index is 0.0148. The van der Waals surface area contributed by atoms with Crippen LogP contribution in [0.4, 0.5) is 0 Å². The van der Waals surface area contributed by atoms with Gasteiger partial charge in [-0.2, -0.15) is 4.99 Å². The second-order valence-electron chi connectivity index (χ2n) is 6.99. The minimum atomic E-state index is -0.400. The number of esters is 1. The summed E-state index contributed by atoms with van der Waals surface area (Å²) in [7, 11) is 2.94. The fourth-order valence-electron chi connectivity index (χ4n) is 3.63. The molecule has 1 aromatic heterocycles. The Bertz CT molecular complexity index is 1160. The quantitative estimate of drug-likeness (QED) is 0.617. The van der Waals surface area contributed by atoms with Gasteiger partial charge in [0, 0.05) is 5.56 Å². The first-order chi connectivity index (χ1) is 14.1. The summed E-state index contributed by atoms with van der Waals surface area (Å²) in [6.45, 7) is -0.0148. The van der Waals surface area contributed by atoms with Gasteiger partial charge in [-0.15, -0.1) is 0 Å². The zero-order valence-corrected chi connectivity index (χ0v) is 17.3. The van der Waals surface area contributed by atoms with E-state index in [-0.39, 0.29) is 12.5 Å². The third-order valence-electron chi connectivity index (χ3n) is 5.20. The Morgan fingerprint density at radius 3 is 2.62 bits per heavy atom. The predicted molar refractivity (Wildman–Crippen MR) is 111 cm³/mol. The maximum atomic E-state index is 12.9. The van der Waals surface area contributed by atoms with E-state index >= 15 is 0 Å². The molecule has 4 rings (SSSR count). The Kier molecular flexibility index (Phi) is 5.49. The van der Waals surface area contributed by atoms with Crippen LogP contribution in [-0.4, -0.2) is 30.7 Å². The Labute approximate surface area is 172 Å². The summed E-state index contributed by atoms with van der Waals surface area (Å²) in [5.74, 6) is -0.00441. The van der Waals surface area contributed by atoms with Crippen molar-refractivity contribution in [2.24, 2.45) is 4.99 Å². The topological polar surface area (TPSA) is 69.9 Å². The molecule has 7 heteroatoms. The van der Waals surface area contributed by atoms with Gasteiger partial charge in [0.2, 0.25) is 0 Å². The summed E-state index contributed by atoms with van der Waals surface area (Å²) < 4.78 is 12.7. The molecular formula is C22H22N2O4S. The van der Waals surface area contributed by atoms with E-state index in [9.17, 15) is 9.59 Å². The van der Waals surface area contributed by atoms with E-state index in [2.05, 4.69) is 4.99 Å². The molecule has 0 saturated carbocycles. The average molecular weight is 410 g/mol. The minimum Gasteiger partial charge on any atom is -0.497 e. The largest absolute Gasteiger partial charge is 0.497 e. The van der Waals surface area contributed by atoms with E-state index in [1.165, 1.54) is 36.0 Å². The molecule has 150 valence electrons. The molecule has 0 radical (unpaired) electrons. The molecule has 6 nitrogen and oxygen atoms in total. The van der Waals surface area contributed by atoms with E-state index in [1.54, 1.807) is 11.7 Å². The van der Waals surface area contributed by atoms with Gasteiger partial charge in [-0.25, -0.2) is 0 Å². The fourth-order valence-corrected chi connectivity index (χ4v) is 4.69. The lowest BCUT2D eigenvalue weighted by atomic mass is 9.90. The zero-order valence-electron chi connectivity index (χ0n) is 16.4. The molecule has 0 bridgehead atoms. The van der Waals surface area contributed by atoms with Crippen LogP contribution >= 0.6 is 11.3 Å². The summed E-state index contributed by atoms with van der Waals surface area (Å²) in [5.41, 5.74) is 3.94. The van der Waals surface area contributed by atoms with Crippen LogP contribution in [0.25, 0.3) is 10.2 Å². The molecule has 1 heterocycles. The number of aryl methyl sites for hydroxylation is 2. The van der Waals surface area contributed by atoms with Crippen LogP contribution in [0.15, 0.2) is 41.4 Å². The Morgan fingerprint density at radius 2 is 1.86 bits per heavy atom.